The van der Waals surface area contributed by atoms with Crippen LogP contribution in [0.3, 0.4) is 0 Å². The number of anilines is 2. The van der Waals surface area contributed by atoms with E-state index in [1.165, 1.54) is 14.2 Å². The van der Waals surface area contributed by atoms with Crippen LogP contribution < -0.4 is 24.2 Å². The van der Waals surface area contributed by atoms with Crippen molar-refractivity contribution in [3.05, 3.63) is 48.0 Å². The maximum Gasteiger partial charge on any atom is 0.229 e. The highest BCUT2D eigenvalue weighted by molar-refractivity contribution is 7.92. The van der Waals surface area contributed by atoms with Crippen LogP contribution in [0.25, 0.3) is 0 Å². The number of methoxy groups -OCH3 is 2. The minimum atomic E-state index is -3.67. The minimum absolute atomic E-state index is 0.00850. The first-order chi connectivity index (χ1) is 14.6. The maximum atomic E-state index is 12.3. The largest absolute Gasteiger partial charge is 0.493 e. The molecular weight excluding hydrogens is 442 g/mol. The molecule has 1 unspecified atom stereocenters. The van der Waals surface area contributed by atoms with E-state index in [-0.39, 0.29) is 23.7 Å². The number of nitrogens with one attached hydrogen (secondary N) is 3. The van der Waals surface area contributed by atoms with Gasteiger partial charge in [-0.05, 0) is 24.6 Å². The topological polar surface area (TPSA) is 123 Å². The van der Waals surface area contributed by atoms with Gasteiger partial charge < -0.3 is 14.8 Å². The zero-order chi connectivity index (χ0) is 23.1. The van der Waals surface area contributed by atoms with Crippen LogP contribution in [0.1, 0.15) is 24.9 Å². The lowest BCUT2D eigenvalue weighted by Crippen LogP contribution is -2.33. The first-order valence-electron chi connectivity index (χ1n) is 9.61. The molecule has 3 N–H and O–H groups in total. The molecule has 1 atom stereocenters. The van der Waals surface area contributed by atoms with Gasteiger partial charge in [0.25, 0.3) is 0 Å². The van der Waals surface area contributed by atoms with E-state index in [0.717, 1.165) is 11.9 Å². The van der Waals surface area contributed by atoms with Crippen molar-refractivity contribution in [3.63, 3.8) is 0 Å². The summed E-state index contributed by atoms with van der Waals surface area (Å²) in [6.45, 7) is 1.77. The quantitative estimate of drug-likeness (QED) is 0.435. The van der Waals surface area contributed by atoms with Crippen LogP contribution in [0.15, 0.2) is 42.5 Å². The van der Waals surface area contributed by atoms with Crippen molar-refractivity contribution in [2.45, 2.75) is 19.4 Å². The molecule has 0 aliphatic heterocycles. The molecule has 31 heavy (non-hydrogen) atoms. The van der Waals surface area contributed by atoms with Crippen molar-refractivity contribution in [1.82, 2.24) is 4.72 Å². The normalized spacial score (nSPS) is 12.8. The van der Waals surface area contributed by atoms with E-state index in [4.69, 9.17) is 9.47 Å². The first kappa shape index (κ1) is 24.8. The summed E-state index contributed by atoms with van der Waals surface area (Å²) in [4.78, 5) is 0. The minimum Gasteiger partial charge on any atom is -0.493 e. The van der Waals surface area contributed by atoms with Gasteiger partial charge in [-0.15, -0.1) is 0 Å². The highest BCUT2D eigenvalue weighted by atomic mass is 32.2. The fraction of sp³-hybridized carbons (Fsp3) is 0.400. The Hall–Kier alpha value is -2.50. The SMILES string of the molecule is CCCS(=O)(=O)NCC(Nc1ccccc1)c1ccc(OC)c(OC)c1NS(C)(=O)=O. The molecule has 9 nitrogen and oxygen atoms in total. The number of para-hydroxylation sites is 1. The van der Waals surface area contributed by atoms with Gasteiger partial charge in [-0.3, -0.25) is 4.72 Å². The van der Waals surface area contributed by atoms with Crippen LogP contribution in [0.4, 0.5) is 11.4 Å². The molecule has 0 spiro atoms. The number of hydrogen-bond acceptors (Lipinski definition) is 7. The molecule has 2 aromatic rings. The van der Waals surface area contributed by atoms with E-state index in [9.17, 15) is 16.8 Å². The zero-order valence-electron chi connectivity index (χ0n) is 18.0. The van der Waals surface area contributed by atoms with Gasteiger partial charge in [0.15, 0.2) is 11.5 Å². The molecule has 172 valence electrons. The Morgan fingerprint density at radius 1 is 0.968 bits per heavy atom. The second-order valence-electron chi connectivity index (χ2n) is 6.87. The van der Waals surface area contributed by atoms with Crippen molar-refractivity contribution in [3.8, 4) is 11.5 Å². The van der Waals surface area contributed by atoms with Gasteiger partial charge in [0.05, 0.1) is 38.0 Å². The second kappa shape index (κ2) is 10.7. The van der Waals surface area contributed by atoms with Gasteiger partial charge in [-0.25, -0.2) is 21.6 Å². The first-order valence-corrected chi connectivity index (χ1v) is 13.2. The maximum absolute atomic E-state index is 12.3. The molecule has 0 bridgehead atoms. The van der Waals surface area contributed by atoms with E-state index in [1.54, 1.807) is 19.1 Å². The predicted molar refractivity (Wildman–Crippen MR) is 123 cm³/mol. The Kier molecular flexibility index (Phi) is 8.54. The van der Waals surface area contributed by atoms with Gasteiger partial charge in [-0.1, -0.05) is 31.2 Å². The number of rotatable bonds is 12. The van der Waals surface area contributed by atoms with Crippen LogP contribution >= 0.6 is 0 Å². The lowest BCUT2D eigenvalue weighted by Gasteiger charge is -2.25. The van der Waals surface area contributed by atoms with E-state index >= 15 is 0 Å². The molecule has 0 saturated carbocycles. The molecule has 0 aromatic heterocycles. The molecule has 0 amide bonds. The molecule has 0 aliphatic rings. The van der Waals surface area contributed by atoms with Crippen LogP contribution in [0.2, 0.25) is 0 Å². The fourth-order valence-electron chi connectivity index (χ4n) is 3.05. The van der Waals surface area contributed by atoms with Gasteiger partial charge in [0.1, 0.15) is 0 Å². The Morgan fingerprint density at radius 3 is 2.19 bits per heavy atom. The third-order valence-corrected chi connectivity index (χ3v) is 6.46. The summed E-state index contributed by atoms with van der Waals surface area (Å²) in [6.07, 6.45) is 1.50. The molecule has 0 heterocycles. The van der Waals surface area contributed by atoms with Gasteiger partial charge >= 0.3 is 0 Å². The third-order valence-electron chi connectivity index (χ3n) is 4.34. The third kappa shape index (κ3) is 7.30. The summed E-state index contributed by atoms with van der Waals surface area (Å²) in [6, 6.07) is 11.9. The highest BCUT2D eigenvalue weighted by Crippen LogP contribution is 2.41. The lowest BCUT2D eigenvalue weighted by atomic mass is 10.0. The van der Waals surface area contributed by atoms with E-state index in [2.05, 4.69) is 14.8 Å². The molecule has 2 aromatic carbocycles. The molecule has 0 fully saturated rings. The number of ether oxygens (including phenoxy) is 2. The van der Waals surface area contributed by atoms with Crippen LogP contribution in [0.5, 0.6) is 11.5 Å². The molecule has 11 heteroatoms. The fourth-order valence-corrected chi connectivity index (χ4v) is 4.73. The van der Waals surface area contributed by atoms with Crippen molar-refractivity contribution in [2.75, 3.05) is 42.8 Å². The summed E-state index contributed by atoms with van der Waals surface area (Å²) in [5, 5.41) is 3.27. The van der Waals surface area contributed by atoms with Crippen molar-refractivity contribution < 1.29 is 26.3 Å². The Labute approximate surface area is 184 Å². The standard InChI is InChI=1S/C20H29N3O6S2/c1-5-13-31(26,27)21-14-17(22-15-9-7-6-8-10-15)16-11-12-18(28-2)20(29-3)19(16)23-30(4,24)25/h6-12,17,21-23H,5,13-14H2,1-4H3. The van der Waals surface area contributed by atoms with Crippen molar-refractivity contribution in [1.29, 1.82) is 0 Å². The molecule has 0 saturated heterocycles. The number of benzene rings is 2. The summed E-state index contributed by atoms with van der Waals surface area (Å²) in [5.41, 5.74) is 1.40. The van der Waals surface area contributed by atoms with Crippen molar-refractivity contribution in [2.24, 2.45) is 0 Å². The van der Waals surface area contributed by atoms with E-state index < -0.39 is 26.1 Å². The van der Waals surface area contributed by atoms with E-state index in [0.29, 0.717) is 17.7 Å². The zero-order valence-corrected chi connectivity index (χ0v) is 19.6. The van der Waals surface area contributed by atoms with Gasteiger partial charge in [-0.2, -0.15) is 0 Å². The van der Waals surface area contributed by atoms with Crippen molar-refractivity contribution >= 4 is 31.4 Å². The Morgan fingerprint density at radius 2 is 1.65 bits per heavy atom. The van der Waals surface area contributed by atoms with Crippen LogP contribution in [-0.2, 0) is 20.0 Å². The van der Waals surface area contributed by atoms with Crippen LogP contribution in [-0.4, -0.2) is 49.6 Å². The summed E-state index contributed by atoms with van der Waals surface area (Å²) >= 11 is 0. The summed E-state index contributed by atoms with van der Waals surface area (Å²) in [7, 11) is -4.31. The number of hydrogen-bond donors (Lipinski definition) is 3. The molecule has 0 radical (unpaired) electrons. The molecule has 0 aliphatic carbocycles. The predicted octanol–water partition coefficient (Wildman–Crippen LogP) is 2.56. The smallest absolute Gasteiger partial charge is 0.229 e. The summed E-state index contributed by atoms with van der Waals surface area (Å²) < 4.78 is 64.4. The summed E-state index contributed by atoms with van der Waals surface area (Å²) in [5.74, 6) is 0.523. The average Bonchev–Trinajstić information content (AvgIpc) is 2.70. The molecular formula is C20H29N3O6S2. The van der Waals surface area contributed by atoms with Gasteiger partial charge in [0.2, 0.25) is 20.0 Å². The van der Waals surface area contributed by atoms with E-state index in [1.807, 2.05) is 30.3 Å². The molecule has 2 rings (SSSR count). The Bertz CT molecular complexity index is 1070. The van der Waals surface area contributed by atoms with Gasteiger partial charge in [0, 0.05) is 17.8 Å². The van der Waals surface area contributed by atoms with Crippen LogP contribution in [0, 0.1) is 0 Å². The number of sulfonamides is 2. The highest BCUT2D eigenvalue weighted by Gasteiger charge is 2.25. The lowest BCUT2D eigenvalue weighted by molar-refractivity contribution is 0.356. The monoisotopic (exact) mass is 471 g/mol. The average molecular weight is 472 g/mol. The second-order valence-corrected chi connectivity index (χ2v) is 10.5. The Balaban J connectivity index is 2.57.